The Morgan fingerprint density at radius 3 is 1.62 bits per heavy atom. The predicted octanol–water partition coefficient (Wildman–Crippen LogP) is 0.919. The highest BCUT2D eigenvalue weighted by molar-refractivity contribution is 5.80. The van der Waals surface area contributed by atoms with Crippen molar-refractivity contribution in [2.24, 2.45) is 5.73 Å². The second kappa shape index (κ2) is 6.62. The summed E-state index contributed by atoms with van der Waals surface area (Å²) in [5.74, 6) is -5.89. The van der Waals surface area contributed by atoms with E-state index in [9.17, 15) is 18.4 Å². The summed E-state index contributed by atoms with van der Waals surface area (Å²) in [6.07, 6.45) is -0.786. The molecule has 0 fully saturated rings. The van der Waals surface area contributed by atoms with Gasteiger partial charge in [0.15, 0.2) is 12.3 Å². The fourth-order valence-electron chi connectivity index (χ4n) is 0.623. The number of halogens is 2. The molecule has 0 bridgehead atoms. The van der Waals surface area contributed by atoms with E-state index in [1.165, 1.54) is 0 Å². The van der Waals surface area contributed by atoms with Gasteiger partial charge in [0.2, 0.25) is 0 Å². The summed E-state index contributed by atoms with van der Waals surface area (Å²) < 4.78 is 23.8. The number of aldehydes is 1. The summed E-state index contributed by atoms with van der Waals surface area (Å²) in [5.41, 5.74) is 4.42. The number of alkyl halides is 2. The van der Waals surface area contributed by atoms with Gasteiger partial charge in [-0.2, -0.15) is 8.78 Å². The Hall–Kier alpha value is -1.82. The van der Waals surface area contributed by atoms with Gasteiger partial charge in [-0.25, -0.2) is 0 Å². The van der Waals surface area contributed by atoms with Crippen molar-refractivity contribution in [2.75, 3.05) is 0 Å². The van der Waals surface area contributed by atoms with E-state index in [0.717, 1.165) is 0 Å². The molecule has 1 rings (SSSR count). The van der Waals surface area contributed by atoms with Gasteiger partial charge in [0, 0.05) is 0 Å². The van der Waals surface area contributed by atoms with Crippen molar-refractivity contribution in [2.45, 2.75) is 12.0 Å². The molecule has 16 heavy (non-hydrogen) atoms. The van der Waals surface area contributed by atoms with Crippen molar-refractivity contribution in [1.29, 1.82) is 0 Å². The van der Waals surface area contributed by atoms with E-state index in [4.69, 9.17) is 5.11 Å². The number of nitrogens with two attached hydrogens (primary N) is 1. The first kappa shape index (κ1) is 14.2. The van der Waals surface area contributed by atoms with Crippen LogP contribution in [0.25, 0.3) is 0 Å². The number of carbonyl (C=O) groups excluding carboxylic acids is 1. The van der Waals surface area contributed by atoms with E-state index in [-0.39, 0.29) is 0 Å². The molecule has 0 radical (unpaired) electrons. The quantitative estimate of drug-likeness (QED) is 0.758. The monoisotopic (exact) mass is 231 g/mol. The molecule has 0 heterocycles. The van der Waals surface area contributed by atoms with Crippen molar-refractivity contribution >= 4 is 12.3 Å². The number of carboxylic acid groups (broad SMARTS) is 1. The highest BCUT2D eigenvalue weighted by Crippen LogP contribution is 2.13. The molecular weight excluding hydrogens is 220 g/mol. The third-order valence-corrected chi connectivity index (χ3v) is 1.50. The highest BCUT2D eigenvalue weighted by atomic mass is 19.3. The molecule has 0 spiro atoms. The van der Waals surface area contributed by atoms with Crippen LogP contribution >= 0.6 is 0 Å². The minimum Gasteiger partial charge on any atom is -0.480 e. The second-order valence-electron chi connectivity index (χ2n) is 2.76. The zero-order valence-corrected chi connectivity index (χ0v) is 8.22. The zero-order chi connectivity index (χ0) is 12.6. The second-order valence-corrected chi connectivity index (χ2v) is 2.76. The molecule has 88 valence electrons. The standard InChI is InChI=1S/C6H6.C4H5F2NO3/c1-2-4-6-5-3-1;5-4(6,1-8)2(7)3(9)10/h1-6H;1-2H,7H2,(H,9,10). The van der Waals surface area contributed by atoms with Gasteiger partial charge in [-0.15, -0.1) is 0 Å². The molecule has 1 aromatic carbocycles. The smallest absolute Gasteiger partial charge is 0.327 e. The summed E-state index contributed by atoms with van der Waals surface area (Å²) in [7, 11) is 0. The average molecular weight is 231 g/mol. The number of carboxylic acids is 1. The van der Waals surface area contributed by atoms with Crippen LogP contribution in [0.5, 0.6) is 0 Å². The van der Waals surface area contributed by atoms with Gasteiger partial charge in [-0.05, 0) is 0 Å². The molecule has 0 amide bonds. The number of hydrogen-bond donors (Lipinski definition) is 2. The van der Waals surface area contributed by atoms with Crippen molar-refractivity contribution in [3.05, 3.63) is 36.4 Å². The van der Waals surface area contributed by atoms with Gasteiger partial charge in [0.25, 0.3) is 0 Å². The summed E-state index contributed by atoms with van der Waals surface area (Å²) in [4.78, 5) is 19.2. The van der Waals surface area contributed by atoms with Crippen molar-refractivity contribution in [3.8, 4) is 0 Å². The topological polar surface area (TPSA) is 80.4 Å². The Labute approximate surface area is 90.7 Å². The zero-order valence-electron chi connectivity index (χ0n) is 8.22. The Kier molecular flexibility index (Phi) is 5.87. The molecular formula is C10H11F2NO3. The summed E-state index contributed by atoms with van der Waals surface area (Å²) in [6, 6.07) is 9.55. The predicted molar refractivity (Wildman–Crippen MR) is 53.1 cm³/mol. The third kappa shape index (κ3) is 5.16. The van der Waals surface area contributed by atoms with E-state index >= 15 is 0 Å². The molecule has 0 aliphatic heterocycles. The van der Waals surface area contributed by atoms with Crippen LogP contribution in [0.15, 0.2) is 36.4 Å². The fourth-order valence-corrected chi connectivity index (χ4v) is 0.623. The van der Waals surface area contributed by atoms with E-state index in [2.05, 4.69) is 5.73 Å². The maximum absolute atomic E-state index is 11.9. The molecule has 4 nitrogen and oxygen atoms in total. The lowest BCUT2D eigenvalue weighted by molar-refractivity contribution is -0.153. The summed E-state index contributed by atoms with van der Waals surface area (Å²) in [5, 5.41) is 7.88. The first-order valence-electron chi connectivity index (χ1n) is 4.24. The van der Waals surface area contributed by atoms with Crippen molar-refractivity contribution in [3.63, 3.8) is 0 Å². The van der Waals surface area contributed by atoms with E-state index in [1.54, 1.807) is 0 Å². The van der Waals surface area contributed by atoms with Crippen LogP contribution in [0.1, 0.15) is 0 Å². The molecule has 0 aliphatic rings. The Balaban J connectivity index is 0.000000315. The SMILES string of the molecule is NC(C(=O)O)C(F)(F)C=O.c1ccccc1. The molecule has 1 unspecified atom stereocenters. The molecule has 3 N–H and O–H groups in total. The minimum atomic E-state index is -3.98. The van der Waals surface area contributed by atoms with E-state index in [1.807, 2.05) is 36.4 Å². The van der Waals surface area contributed by atoms with Crippen molar-refractivity contribution < 1.29 is 23.5 Å². The lowest BCUT2D eigenvalue weighted by Crippen LogP contribution is -2.47. The van der Waals surface area contributed by atoms with Crippen LogP contribution in [0, 0.1) is 0 Å². The molecule has 0 aliphatic carbocycles. The van der Waals surface area contributed by atoms with Crippen LogP contribution in [-0.4, -0.2) is 29.3 Å². The first-order valence-corrected chi connectivity index (χ1v) is 4.24. The van der Waals surface area contributed by atoms with Gasteiger partial charge < -0.3 is 10.8 Å². The molecule has 0 saturated carbocycles. The van der Waals surface area contributed by atoms with Gasteiger partial charge in [-0.1, -0.05) is 36.4 Å². The van der Waals surface area contributed by atoms with Gasteiger partial charge in [-0.3, -0.25) is 9.59 Å². The van der Waals surface area contributed by atoms with Crippen LogP contribution in [0.3, 0.4) is 0 Å². The lowest BCUT2D eigenvalue weighted by atomic mass is 10.2. The van der Waals surface area contributed by atoms with Gasteiger partial charge >= 0.3 is 11.9 Å². The van der Waals surface area contributed by atoms with Gasteiger partial charge in [0.05, 0.1) is 0 Å². The van der Waals surface area contributed by atoms with Crippen LogP contribution in [0.4, 0.5) is 8.78 Å². The number of benzene rings is 1. The van der Waals surface area contributed by atoms with Crippen molar-refractivity contribution in [1.82, 2.24) is 0 Å². The Bertz CT molecular complexity index is 303. The third-order valence-electron chi connectivity index (χ3n) is 1.50. The summed E-state index contributed by atoms with van der Waals surface area (Å²) in [6.45, 7) is 0. The van der Waals surface area contributed by atoms with E-state index in [0.29, 0.717) is 0 Å². The minimum absolute atomic E-state index is 0.786. The average Bonchev–Trinajstić information content (AvgIpc) is 2.31. The first-order chi connectivity index (χ1) is 7.41. The fraction of sp³-hybridized carbons (Fsp3) is 0.200. The maximum atomic E-state index is 11.9. The maximum Gasteiger partial charge on any atom is 0.327 e. The number of rotatable bonds is 3. The molecule has 1 aromatic rings. The highest BCUT2D eigenvalue weighted by Gasteiger charge is 2.41. The molecule has 1 atom stereocenters. The number of aliphatic carboxylic acids is 1. The summed E-state index contributed by atoms with van der Waals surface area (Å²) >= 11 is 0. The Morgan fingerprint density at radius 2 is 1.50 bits per heavy atom. The lowest BCUT2D eigenvalue weighted by Gasteiger charge is -2.12. The van der Waals surface area contributed by atoms with Crippen LogP contribution in [0.2, 0.25) is 0 Å². The Morgan fingerprint density at radius 1 is 1.19 bits per heavy atom. The number of hydrogen-bond acceptors (Lipinski definition) is 3. The molecule has 0 aromatic heterocycles. The van der Waals surface area contributed by atoms with E-state index < -0.39 is 24.2 Å². The normalized spacial score (nSPS) is 11.9. The largest absolute Gasteiger partial charge is 0.480 e. The van der Waals surface area contributed by atoms with Crippen LogP contribution < -0.4 is 5.73 Å². The van der Waals surface area contributed by atoms with Gasteiger partial charge in [0.1, 0.15) is 0 Å². The number of carbonyl (C=O) groups is 2. The van der Waals surface area contributed by atoms with Crippen LogP contribution in [-0.2, 0) is 9.59 Å². The molecule has 6 heteroatoms. The molecule has 0 saturated heterocycles.